The van der Waals surface area contributed by atoms with E-state index in [0.29, 0.717) is 5.69 Å². The molecule has 13 heavy (non-hydrogen) atoms. The summed E-state index contributed by atoms with van der Waals surface area (Å²) in [6.45, 7) is 0. The minimum Gasteiger partial charge on any atom is -0.398 e. The zero-order valence-corrected chi connectivity index (χ0v) is 6.88. The summed E-state index contributed by atoms with van der Waals surface area (Å²) in [6.07, 6.45) is 8.24. The van der Waals surface area contributed by atoms with Gasteiger partial charge in [0, 0.05) is 36.0 Å². The van der Waals surface area contributed by atoms with E-state index in [9.17, 15) is 0 Å². The lowest BCUT2D eigenvalue weighted by Gasteiger charge is -2.01. The summed E-state index contributed by atoms with van der Waals surface area (Å²) in [4.78, 5) is 12.1. The van der Waals surface area contributed by atoms with E-state index in [4.69, 9.17) is 5.73 Å². The number of anilines is 1. The van der Waals surface area contributed by atoms with Crippen molar-refractivity contribution in [1.82, 2.24) is 15.0 Å². The van der Waals surface area contributed by atoms with Crippen molar-refractivity contribution in [2.24, 2.45) is 0 Å². The molecule has 64 valence electrons. The van der Waals surface area contributed by atoms with Gasteiger partial charge in [0.15, 0.2) is 0 Å². The van der Waals surface area contributed by atoms with E-state index in [-0.39, 0.29) is 0 Å². The first kappa shape index (κ1) is 7.67. The molecule has 0 bridgehead atoms. The molecule has 2 aromatic rings. The third-order valence-corrected chi connectivity index (χ3v) is 1.69. The van der Waals surface area contributed by atoms with Gasteiger partial charge in [-0.1, -0.05) is 0 Å². The molecule has 0 aliphatic carbocycles. The molecule has 0 spiro atoms. The second-order valence-electron chi connectivity index (χ2n) is 2.55. The lowest BCUT2D eigenvalue weighted by molar-refractivity contribution is 1.20. The van der Waals surface area contributed by atoms with Gasteiger partial charge in [-0.15, -0.1) is 0 Å². The van der Waals surface area contributed by atoms with Crippen LogP contribution in [0.15, 0.2) is 37.1 Å². The van der Waals surface area contributed by atoms with Crippen LogP contribution in [0.5, 0.6) is 0 Å². The van der Waals surface area contributed by atoms with Crippen LogP contribution in [0.1, 0.15) is 0 Å². The average Bonchev–Trinajstić information content (AvgIpc) is 2.20. The molecule has 2 aromatic heterocycles. The summed E-state index contributed by atoms with van der Waals surface area (Å²) in [7, 11) is 0. The minimum absolute atomic E-state index is 0.663. The summed E-state index contributed by atoms with van der Waals surface area (Å²) < 4.78 is 0. The van der Waals surface area contributed by atoms with Gasteiger partial charge in [0.05, 0.1) is 11.9 Å². The number of aromatic nitrogens is 3. The predicted octanol–water partition coefficient (Wildman–Crippen LogP) is 1.12. The van der Waals surface area contributed by atoms with Crippen LogP contribution in [-0.2, 0) is 0 Å². The molecular weight excluding hydrogens is 164 g/mol. The van der Waals surface area contributed by atoms with E-state index in [1.165, 1.54) is 0 Å². The Morgan fingerprint density at radius 3 is 2.54 bits per heavy atom. The SMILES string of the molecule is Nc1ccncc1-c1cnccn1. The summed E-state index contributed by atoms with van der Waals surface area (Å²) in [6, 6.07) is 1.74. The zero-order chi connectivity index (χ0) is 9.10. The molecule has 0 atom stereocenters. The summed E-state index contributed by atoms with van der Waals surface area (Å²) in [5.41, 5.74) is 7.97. The van der Waals surface area contributed by atoms with E-state index in [2.05, 4.69) is 15.0 Å². The molecule has 2 heterocycles. The molecule has 4 heteroatoms. The van der Waals surface area contributed by atoms with Crippen LogP contribution in [0.25, 0.3) is 11.3 Å². The molecule has 0 radical (unpaired) electrons. The standard InChI is InChI=1S/C9H8N4/c10-8-1-2-11-5-7(8)9-6-12-3-4-13-9/h1-6H,(H2,10,11). The minimum atomic E-state index is 0.663. The Hall–Kier alpha value is -1.97. The van der Waals surface area contributed by atoms with Gasteiger partial charge in [-0.2, -0.15) is 0 Å². The Bertz CT molecular complexity index is 399. The molecule has 0 amide bonds. The summed E-state index contributed by atoms with van der Waals surface area (Å²) in [5, 5.41) is 0. The maximum absolute atomic E-state index is 5.74. The van der Waals surface area contributed by atoms with Crippen LogP contribution in [0, 0.1) is 0 Å². The molecule has 0 aliphatic rings. The Morgan fingerprint density at radius 2 is 1.85 bits per heavy atom. The van der Waals surface area contributed by atoms with Gasteiger partial charge >= 0.3 is 0 Å². The van der Waals surface area contributed by atoms with Crippen LogP contribution < -0.4 is 5.73 Å². The van der Waals surface area contributed by atoms with Gasteiger partial charge < -0.3 is 5.73 Å². The fraction of sp³-hybridized carbons (Fsp3) is 0. The highest BCUT2D eigenvalue weighted by molar-refractivity contribution is 5.71. The van der Waals surface area contributed by atoms with Crippen molar-refractivity contribution in [3.05, 3.63) is 37.1 Å². The third kappa shape index (κ3) is 1.46. The normalized spacial score (nSPS) is 9.85. The van der Waals surface area contributed by atoms with E-state index in [1.807, 2.05) is 0 Å². The first-order valence-electron chi connectivity index (χ1n) is 3.84. The van der Waals surface area contributed by atoms with Gasteiger partial charge in [0.25, 0.3) is 0 Å². The van der Waals surface area contributed by atoms with Crippen molar-refractivity contribution in [1.29, 1.82) is 0 Å². The Balaban J connectivity index is 2.54. The van der Waals surface area contributed by atoms with Crippen molar-refractivity contribution in [3.63, 3.8) is 0 Å². The average molecular weight is 172 g/mol. The first-order valence-corrected chi connectivity index (χ1v) is 3.84. The molecule has 0 unspecified atom stereocenters. The highest BCUT2D eigenvalue weighted by Gasteiger charge is 2.01. The zero-order valence-electron chi connectivity index (χ0n) is 6.88. The number of hydrogen-bond acceptors (Lipinski definition) is 4. The van der Waals surface area contributed by atoms with E-state index in [1.54, 1.807) is 37.1 Å². The number of pyridine rings is 1. The topological polar surface area (TPSA) is 64.7 Å². The van der Waals surface area contributed by atoms with Crippen molar-refractivity contribution < 1.29 is 0 Å². The molecule has 2 N–H and O–H groups in total. The molecule has 0 saturated heterocycles. The van der Waals surface area contributed by atoms with E-state index >= 15 is 0 Å². The quantitative estimate of drug-likeness (QED) is 0.700. The molecule has 0 saturated carbocycles. The fourth-order valence-electron chi connectivity index (χ4n) is 1.06. The monoisotopic (exact) mass is 172 g/mol. The van der Waals surface area contributed by atoms with E-state index in [0.717, 1.165) is 11.3 Å². The number of nitrogens with zero attached hydrogens (tertiary/aromatic N) is 3. The van der Waals surface area contributed by atoms with E-state index < -0.39 is 0 Å². The third-order valence-electron chi connectivity index (χ3n) is 1.69. The molecule has 0 fully saturated rings. The van der Waals surface area contributed by atoms with Crippen LogP contribution >= 0.6 is 0 Å². The number of nitrogen functional groups attached to an aromatic ring is 1. The van der Waals surface area contributed by atoms with Crippen molar-refractivity contribution in [2.45, 2.75) is 0 Å². The molecular formula is C9H8N4. The van der Waals surface area contributed by atoms with Crippen molar-refractivity contribution in [2.75, 3.05) is 5.73 Å². The molecule has 2 rings (SSSR count). The maximum atomic E-state index is 5.74. The lowest BCUT2D eigenvalue weighted by atomic mass is 10.2. The second-order valence-corrected chi connectivity index (χ2v) is 2.55. The Morgan fingerprint density at radius 1 is 1.00 bits per heavy atom. The number of rotatable bonds is 1. The van der Waals surface area contributed by atoms with Gasteiger partial charge in [-0.25, -0.2) is 0 Å². The first-order chi connectivity index (χ1) is 6.38. The predicted molar refractivity (Wildman–Crippen MR) is 49.7 cm³/mol. The van der Waals surface area contributed by atoms with Crippen LogP contribution in [0.4, 0.5) is 5.69 Å². The highest BCUT2D eigenvalue weighted by atomic mass is 14.8. The number of hydrogen-bond donors (Lipinski definition) is 1. The van der Waals surface area contributed by atoms with Crippen LogP contribution in [0.3, 0.4) is 0 Å². The van der Waals surface area contributed by atoms with Crippen molar-refractivity contribution in [3.8, 4) is 11.3 Å². The van der Waals surface area contributed by atoms with Gasteiger partial charge in [0.2, 0.25) is 0 Å². The van der Waals surface area contributed by atoms with Crippen LogP contribution in [-0.4, -0.2) is 15.0 Å². The lowest BCUT2D eigenvalue weighted by Crippen LogP contribution is -1.92. The Kier molecular flexibility index (Phi) is 1.88. The molecule has 0 aromatic carbocycles. The second kappa shape index (κ2) is 3.18. The summed E-state index contributed by atoms with van der Waals surface area (Å²) >= 11 is 0. The fourth-order valence-corrected chi connectivity index (χ4v) is 1.06. The van der Waals surface area contributed by atoms with Crippen LogP contribution in [0.2, 0.25) is 0 Å². The van der Waals surface area contributed by atoms with Gasteiger partial charge in [0.1, 0.15) is 0 Å². The molecule has 0 aliphatic heterocycles. The largest absolute Gasteiger partial charge is 0.398 e. The number of nitrogens with two attached hydrogens (primary N) is 1. The van der Waals surface area contributed by atoms with Crippen molar-refractivity contribution >= 4 is 5.69 Å². The molecule has 4 nitrogen and oxygen atoms in total. The highest BCUT2D eigenvalue weighted by Crippen LogP contribution is 2.20. The van der Waals surface area contributed by atoms with Gasteiger partial charge in [-0.05, 0) is 6.07 Å². The van der Waals surface area contributed by atoms with Gasteiger partial charge in [-0.3, -0.25) is 15.0 Å². The Labute approximate surface area is 75.5 Å². The maximum Gasteiger partial charge on any atom is 0.0921 e. The summed E-state index contributed by atoms with van der Waals surface area (Å²) in [5.74, 6) is 0. The smallest absolute Gasteiger partial charge is 0.0921 e.